The molecule has 0 N–H and O–H groups in total. The normalized spacial score (nSPS) is 17.1. The topological polar surface area (TPSA) is 70.3 Å². The number of alkyl halides is 2. The number of fused-ring (bicyclic) bond motifs is 1. The van der Waals surface area contributed by atoms with Crippen molar-refractivity contribution >= 4 is 29.7 Å². The highest BCUT2D eigenvalue weighted by molar-refractivity contribution is 7.98. The Morgan fingerprint density at radius 2 is 2.04 bits per heavy atom. The number of cyclic esters (lactones) is 1. The Kier molecular flexibility index (Phi) is 4.37. The minimum atomic E-state index is -2.47. The summed E-state index contributed by atoms with van der Waals surface area (Å²) >= 11 is 0.459. The van der Waals surface area contributed by atoms with Crippen molar-refractivity contribution in [2.24, 2.45) is 4.99 Å². The fraction of sp³-hybridized carbons (Fsp3) is 0.176. The molecule has 0 saturated heterocycles. The molecular weight excluding hydrogens is 368 g/mol. The molecule has 6 nitrogen and oxygen atoms in total. The van der Waals surface area contributed by atoms with E-state index in [9.17, 15) is 13.6 Å². The summed E-state index contributed by atoms with van der Waals surface area (Å²) in [6.45, 7) is 0.140. The van der Waals surface area contributed by atoms with E-state index in [1.54, 1.807) is 30.3 Å². The predicted molar refractivity (Wildman–Crippen MR) is 89.2 cm³/mol. The molecular formula is C17H11F2NO5S. The van der Waals surface area contributed by atoms with E-state index in [-0.39, 0.29) is 24.1 Å². The number of nitrogens with zero attached hydrogens (tertiary/aromatic N) is 1. The van der Waals surface area contributed by atoms with Gasteiger partial charge in [0.2, 0.25) is 12.7 Å². The molecule has 0 radical (unpaired) electrons. The molecule has 1 aromatic heterocycles. The average molecular weight is 379 g/mol. The Morgan fingerprint density at radius 1 is 1.19 bits per heavy atom. The number of furan rings is 1. The molecule has 0 spiro atoms. The van der Waals surface area contributed by atoms with E-state index >= 15 is 0 Å². The van der Waals surface area contributed by atoms with Gasteiger partial charge in [0.05, 0.1) is 5.75 Å². The lowest BCUT2D eigenvalue weighted by molar-refractivity contribution is -0.129. The van der Waals surface area contributed by atoms with Gasteiger partial charge in [-0.3, -0.25) is 0 Å². The zero-order chi connectivity index (χ0) is 18.1. The van der Waals surface area contributed by atoms with Gasteiger partial charge < -0.3 is 18.6 Å². The molecule has 0 atom stereocenters. The number of esters is 1. The van der Waals surface area contributed by atoms with E-state index in [0.717, 1.165) is 0 Å². The number of rotatable bonds is 5. The lowest BCUT2D eigenvalue weighted by Gasteiger charge is -2.01. The predicted octanol–water partition coefficient (Wildman–Crippen LogP) is 3.81. The molecule has 134 valence electrons. The largest absolute Gasteiger partial charge is 0.461 e. The van der Waals surface area contributed by atoms with Crippen LogP contribution in [0.25, 0.3) is 6.08 Å². The van der Waals surface area contributed by atoms with Crippen LogP contribution in [0.2, 0.25) is 0 Å². The number of benzene rings is 1. The van der Waals surface area contributed by atoms with E-state index < -0.39 is 11.7 Å². The van der Waals surface area contributed by atoms with Crippen LogP contribution in [0.4, 0.5) is 8.78 Å². The molecule has 0 amide bonds. The van der Waals surface area contributed by atoms with E-state index in [4.69, 9.17) is 18.6 Å². The number of hydrogen-bond acceptors (Lipinski definition) is 7. The first-order valence-corrected chi connectivity index (χ1v) is 8.54. The van der Waals surface area contributed by atoms with Gasteiger partial charge in [-0.15, -0.1) is 0 Å². The highest BCUT2D eigenvalue weighted by atomic mass is 32.2. The lowest BCUT2D eigenvalue weighted by Crippen LogP contribution is -2.05. The third kappa shape index (κ3) is 3.43. The van der Waals surface area contributed by atoms with E-state index in [0.29, 0.717) is 40.3 Å². The standard InChI is InChI=1S/C17H11F2NO5S/c18-17(19)26-7-11-3-2-10(24-11)6-12-16(21)25-15(20-12)9-1-4-13-14(5-9)23-8-22-13/h1-6,17H,7-8H2/b12-6-. The van der Waals surface area contributed by atoms with Crippen molar-refractivity contribution in [1.29, 1.82) is 0 Å². The average Bonchev–Trinajstić information content (AvgIpc) is 3.33. The van der Waals surface area contributed by atoms with Gasteiger partial charge in [-0.25, -0.2) is 9.79 Å². The van der Waals surface area contributed by atoms with Gasteiger partial charge in [-0.1, -0.05) is 11.8 Å². The molecule has 0 bridgehead atoms. The van der Waals surface area contributed by atoms with Crippen molar-refractivity contribution < 1.29 is 32.2 Å². The number of carbonyl (C=O) groups is 1. The first-order valence-electron chi connectivity index (χ1n) is 7.49. The second kappa shape index (κ2) is 6.83. The van der Waals surface area contributed by atoms with Crippen molar-refractivity contribution in [3.8, 4) is 11.5 Å². The summed E-state index contributed by atoms with van der Waals surface area (Å²) < 4.78 is 45.5. The number of thioether (sulfide) groups is 1. The molecule has 3 heterocycles. The highest BCUT2D eigenvalue weighted by Gasteiger charge is 2.26. The van der Waals surface area contributed by atoms with Crippen LogP contribution < -0.4 is 9.47 Å². The third-order valence-electron chi connectivity index (χ3n) is 3.55. The summed E-state index contributed by atoms with van der Waals surface area (Å²) in [5.41, 5.74) is 0.625. The Hall–Kier alpha value is -2.81. The van der Waals surface area contributed by atoms with Gasteiger partial charge in [-0.2, -0.15) is 8.78 Å². The zero-order valence-corrected chi connectivity index (χ0v) is 13.9. The van der Waals surface area contributed by atoms with E-state index in [1.165, 1.54) is 6.08 Å². The lowest BCUT2D eigenvalue weighted by atomic mass is 10.2. The maximum Gasteiger partial charge on any atom is 0.363 e. The van der Waals surface area contributed by atoms with E-state index in [2.05, 4.69) is 4.99 Å². The molecule has 0 fully saturated rings. The van der Waals surface area contributed by atoms with Crippen LogP contribution >= 0.6 is 11.8 Å². The molecule has 2 aliphatic rings. The van der Waals surface area contributed by atoms with Gasteiger partial charge in [0, 0.05) is 11.6 Å². The van der Waals surface area contributed by atoms with E-state index in [1.807, 2.05) is 0 Å². The van der Waals surface area contributed by atoms with Gasteiger partial charge >= 0.3 is 5.97 Å². The number of carbonyl (C=O) groups excluding carboxylic acids is 1. The number of hydrogen-bond donors (Lipinski definition) is 0. The first-order chi connectivity index (χ1) is 12.6. The van der Waals surface area contributed by atoms with Crippen LogP contribution in [0.1, 0.15) is 17.1 Å². The fourth-order valence-electron chi connectivity index (χ4n) is 2.39. The Labute approximate surface area is 150 Å². The monoisotopic (exact) mass is 379 g/mol. The molecule has 0 unspecified atom stereocenters. The van der Waals surface area contributed by atoms with Crippen LogP contribution in [-0.2, 0) is 15.3 Å². The molecule has 2 aliphatic heterocycles. The summed E-state index contributed by atoms with van der Waals surface area (Å²) in [7, 11) is 0. The van der Waals surface area contributed by atoms with Gasteiger partial charge in [0.15, 0.2) is 17.2 Å². The Bertz CT molecular complexity index is 922. The van der Waals surface area contributed by atoms with Crippen LogP contribution in [0.3, 0.4) is 0 Å². The van der Waals surface area contributed by atoms with Crippen molar-refractivity contribution in [2.45, 2.75) is 11.5 Å². The molecule has 0 aliphatic carbocycles. The second-order valence-corrected chi connectivity index (χ2v) is 6.26. The summed E-state index contributed by atoms with van der Waals surface area (Å²) in [6.07, 6.45) is 1.40. The smallest absolute Gasteiger partial charge is 0.363 e. The minimum Gasteiger partial charge on any atom is -0.461 e. The van der Waals surface area contributed by atoms with Crippen molar-refractivity contribution in [3.05, 3.63) is 53.1 Å². The quantitative estimate of drug-likeness (QED) is 0.581. The summed E-state index contributed by atoms with van der Waals surface area (Å²) in [5.74, 6) is -1.05. The van der Waals surface area contributed by atoms with Crippen LogP contribution in [-0.4, -0.2) is 24.4 Å². The highest BCUT2D eigenvalue weighted by Crippen LogP contribution is 2.33. The third-order valence-corrected chi connectivity index (χ3v) is 4.26. The number of ether oxygens (including phenoxy) is 3. The SMILES string of the molecule is O=C1OC(c2ccc3c(c2)OCO3)=N/C1=C\c1ccc(CSC(F)F)o1. The second-order valence-electron chi connectivity index (χ2n) is 5.28. The molecule has 26 heavy (non-hydrogen) atoms. The first kappa shape index (κ1) is 16.6. The van der Waals surface area contributed by atoms with Crippen molar-refractivity contribution in [2.75, 3.05) is 6.79 Å². The van der Waals surface area contributed by atoms with Crippen LogP contribution in [0.5, 0.6) is 11.5 Å². The number of aliphatic imine (C=N–C) groups is 1. The van der Waals surface area contributed by atoms with Crippen molar-refractivity contribution in [1.82, 2.24) is 0 Å². The maximum absolute atomic E-state index is 12.2. The van der Waals surface area contributed by atoms with Crippen LogP contribution in [0, 0.1) is 0 Å². The Balaban J connectivity index is 1.54. The molecule has 0 saturated carbocycles. The fourth-order valence-corrected chi connectivity index (χ4v) is 2.84. The minimum absolute atomic E-state index is 0.0387. The van der Waals surface area contributed by atoms with Gasteiger partial charge in [-0.05, 0) is 30.3 Å². The van der Waals surface area contributed by atoms with Crippen molar-refractivity contribution in [3.63, 3.8) is 0 Å². The maximum atomic E-state index is 12.2. The summed E-state index contributed by atoms with van der Waals surface area (Å²) in [5, 5.41) is 0. The van der Waals surface area contributed by atoms with Crippen LogP contribution in [0.15, 0.2) is 45.4 Å². The summed E-state index contributed by atoms with van der Waals surface area (Å²) in [6, 6.07) is 8.23. The number of halogens is 2. The Morgan fingerprint density at radius 3 is 2.88 bits per heavy atom. The molecule has 2 aromatic rings. The zero-order valence-electron chi connectivity index (χ0n) is 13.1. The molecule has 4 rings (SSSR count). The van der Waals surface area contributed by atoms with Gasteiger partial charge in [0.1, 0.15) is 11.5 Å². The molecule has 1 aromatic carbocycles. The molecule has 9 heteroatoms. The van der Waals surface area contributed by atoms with Gasteiger partial charge in [0.25, 0.3) is 5.76 Å². The summed E-state index contributed by atoms with van der Waals surface area (Å²) in [4.78, 5) is 16.2.